The summed E-state index contributed by atoms with van der Waals surface area (Å²) in [5, 5.41) is 5.31. The quantitative estimate of drug-likeness (QED) is 0.278. The lowest BCUT2D eigenvalue weighted by Gasteiger charge is -2.33. The number of alkyl halides is 3. The Kier molecular flexibility index (Phi) is 9.48. The standard InChI is InChI=1S/C31H40F3N5O4S/c1-19(2)24-17-35-26-23(38(28(41)43-30(6,7)8)21-12-9-11-20(15-21)31(32,33)34)16-25(36-39(24)26)44-22-13-10-14-37(18-22)27(40)42-29(3,4)5/h9,11-12,15-17,19,22H,10,13-14,18H2,1-8H3. The molecular weight excluding hydrogens is 595 g/mol. The highest BCUT2D eigenvalue weighted by Gasteiger charge is 2.34. The van der Waals surface area contributed by atoms with Gasteiger partial charge in [0.1, 0.15) is 16.2 Å². The van der Waals surface area contributed by atoms with Crippen LogP contribution in [0.5, 0.6) is 0 Å². The summed E-state index contributed by atoms with van der Waals surface area (Å²) < 4.78 is 54.2. The van der Waals surface area contributed by atoms with E-state index in [-0.39, 0.29) is 28.6 Å². The van der Waals surface area contributed by atoms with E-state index in [0.717, 1.165) is 35.6 Å². The third-order valence-corrected chi connectivity index (χ3v) is 7.77. The average Bonchev–Trinajstić information content (AvgIpc) is 3.31. The van der Waals surface area contributed by atoms with Gasteiger partial charge < -0.3 is 14.4 Å². The molecule has 1 aromatic carbocycles. The van der Waals surface area contributed by atoms with E-state index in [0.29, 0.717) is 23.8 Å². The minimum Gasteiger partial charge on any atom is -0.444 e. The summed E-state index contributed by atoms with van der Waals surface area (Å²) in [6.07, 6.45) is -2.64. The van der Waals surface area contributed by atoms with Gasteiger partial charge in [0.15, 0.2) is 5.65 Å². The molecule has 0 aliphatic carbocycles. The summed E-state index contributed by atoms with van der Waals surface area (Å²) in [5.41, 5.74) is -1.20. The van der Waals surface area contributed by atoms with Crippen LogP contribution in [0, 0.1) is 0 Å². The molecule has 3 heterocycles. The maximum absolute atomic E-state index is 13.8. The summed E-state index contributed by atoms with van der Waals surface area (Å²) in [6, 6.07) is 6.19. The van der Waals surface area contributed by atoms with Crippen molar-refractivity contribution in [1.29, 1.82) is 0 Å². The van der Waals surface area contributed by atoms with Gasteiger partial charge in [0.2, 0.25) is 0 Å². The molecule has 1 atom stereocenters. The van der Waals surface area contributed by atoms with Crippen molar-refractivity contribution in [2.45, 2.75) is 102 Å². The second kappa shape index (κ2) is 12.5. The monoisotopic (exact) mass is 635 g/mol. The molecule has 1 aliphatic heterocycles. The van der Waals surface area contributed by atoms with E-state index < -0.39 is 29.0 Å². The number of ether oxygens (including phenoxy) is 2. The van der Waals surface area contributed by atoms with Crippen LogP contribution in [0.1, 0.15) is 85.4 Å². The molecule has 0 spiro atoms. The van der Waals surface area contributed by atoms with Crippen LogP contribution in [0.25, 0.3) is 5.65 Å². The number of carbonyl (C=O) groups excluding carboxylic acids is 2. The number of thioether (sulfide) groups is 1. The maximum Gasteiger partial charge on any atom is 0.419 e. The van der Waals surface area contributed by atoms with Crippen LogP contribution in [0.3, 0.4) is 0 Å². The van der Waals surface area contributed by atoms with E-state index in [1.807, 2.05) is 34.6 Å². The molecule has 240 valence electrons. The first-order valence-corrected chi connectivity index (χ1v) is 15.4. The van der Waals surface area contributed by atoms with Crippen molar-refractivity contribution < 1.29 is 32.2 Å². The molecule has 3 aromatic rings. The van der Waals surface area contributed by atoms with Crippen molar-refractivity contribution in [2.75, 3.05) is 18.0 Å². The summed E-state index contributed by atoms with van der Waals surface area (Å²) in [4.78, 5) is 33.9. The third-order valence-electron chi connectivity index (χ3n) is 6.61. The molecule has 1 aliphatic rings. The highest BCUT2D eigenvalue weighted by atomic mass is 32.2. The van der Waals surface area contributed by atoms with Crippen LogP contribution in [0.15, 0.2) is 41.6 Å². The van der Waals surface area contributed by atoms with Crippen LogP contribution in [0.2, 0.25) is 0 Å². The van der Waals surface area contributed by atoms with E-state index in [2.05, 4.69) is 4.98 Å². The molecule has 0 bridgehead atoms. The number of fused-ring (bicyclic) bond motifs is 1. The molecule has 0 N–H and O–H groups in total. The Bertz CT molecular complexity index is 1510. The van der Waals surface area contributed by atoms with Crippen LogP contribution in [-0.4, -0.2) is 61.2 Å². The van der Waals surface area contributed by atoms with Gasteiger partial charge in [-0.1, -0.05) is 31.7 Å². The molecule has 4 rings (SSSR count). The summed E-state index contributed by atoms with van der Waals surface area (Å²) in [6.45, 7) is 15.5. The van der Waals surface area contributed by atoms with E-state index in [1.54, 1.807) is 42.4 Å². The van der Waals surface area contributed by atoms with Crippen molar-refractivity contribution in [3.63, 3.8) is 0 Å². The number of carbonyl (C=O) groups is 2. The van der Waals surface area contributed by atoms with Crippen molar-refractivity contribution in [2.24, 2.45) is 0 Å². The van der Waals surface area contributed by atoms with Gasteiger partial charge in [-0.05, 0) is 78.5 Å². The largest absolute Gasteiger partial charge is 0.444 e. The predicted octanol–water partition coefficient (Wildman–Crippen LogP) is 8.44. The van der Waals surface area contributed by atoms with Gasteiger partial charge in [-0.25, -0.2) is 24.0 Å². The van der Waals surface area contributed by atoms with Crippen LogP contribution in [-0.2, 0) is 15.7 Å². The lowest BCUT2D eigenvalue weighted by molar-refractivity contribution is -0.137. The van der Waals surface area contributed by atoms with Crippen molar-refractivity contribution in [3.05, 3.63) is 47.8 Å². The zero-order valence-electron chi connectivity index (χ0n) is 26.4. The number of anilines is 2. The van der Waals surface area contributed by atoms with Gasteiger partial charge in [0.05, 0.1) is 28.8 Å². The Morgan fingerprint density at radius 3 is 2.34 bits per heavy atom. The fraction of sp³-hybridized carbons (Fsp3) is 0.548. The molecule has 1 saturated heterocycles. The number of imidazole rings is 1. The molecule has 2 aromatic heterocycles. The van der Waals surface area contributed by atoms with E-state index in [1.165, 1.54) is 23.9 Å². The SMILES string of the molecule is CC(C)c1cnc2c(N(C(=O)OC(C)(C)C)c3cccc(C(F)(F)F)c3)cc(SC3CCCN(C(=O)OC(C)(C)C)C3)nn12. The Hall–Kier alpha value is -3.48. The minimum atomic E-state index is -4.62. The van der Waals surface area contributed by atoms with Gasteiger partial charge in [0.25, 0.3) is 0 Å². The molecular formula is C31H40F3N5O4S. The number of hydrogen-bond acceptors (Lipinski definition) is 7. The lowest BCUT2D eigenvalue weighted by atomic mass is 10.1. The first-order chi connectivity index (χ1) is 20.3. The van der Waals surface area contributed by atoms with Gasteiger partial charge >= 0.3 is 18.4 Å². The Balaban J connectivity index is 1.81. The molecule has 44 heavy (non-hydrogen) atoms. The number of aromatic nitrogens is 3. The second-order valence-corrected chi connectivity index (χ2v) is 14.4. The number of nitrogens with zero attached hydrogens (tertiary/aromatic N) is 5. The third kappa shape index (κ3) is 8.16. The van der Waals surface area contributed by atoms with Crippen molar-refractivity contribution >= 4 is 41.0 Å². The fourth-order valence-electron chi connectivity index (χ4n) is 4.73. The highest BCUT2D eigenvalue weighted by molar-refractivity contribution is 7.99. The molecule has 0 radical (unpaired) electrons. The van der Waals surface area contributed by atoms with Crippen LogP contribution < -0.4 is 4.90 Å². The molecule has 9 nitrogen and oxygen atoms in total. The number of amides is 2. The Morgan fingerprint density at radius 1 is 1.05 bits per heavy atom. The van der Waals surface area contributed by atoms with Gasteiger partial charge in [-0.2, -0.15) is 18.3 Å². The number of benzene rings is 1. The molecule has 0 saturated carbocycles. The minimum absolute atomic E-state index is 0.00599. The Morgan fingerprint density at radius 2 is 1.73 bits per heavy atom. The van der Waals surface area contributed by atoms with E-state index in [4.69, 9.17) is 14.6 Å². The highest BCUT2D eigenvalue weighted by Crippen LogP contribution is 2.39. The molecule has 2 amide bonds. The summed E-state index contributed by atoms with van der Waals surface area (Å²) >= 11 is 1.43. The van der Waals surface area contributed by atoms with Crippen LogP contribution >= 0.6 is 11.8 Å². The van der Waals surface area contributed by atoms with Gasteiger partial charge in [-0.3, -0.25) is 0 Å². The predicted molar refractivity (Wildman–Crippen MR) is 164 cm³/mol. The average molecular weight is 636 g/mol. The summed E-state index contributed by atoms with van der Waals surface area (Å²) in [7, 11) is 0. The van der Waals surface area contributed by atoms with Gasteiger partial charge in [0, 0.05) is 24.4 Å². The van der Waals surface area contributed by atoms with Crippen LogP contribution in [0.4, 0.5) is 34.1 Å². The first kappa shape index (κ1) is 33.4. The normalized spacial score (nSPS) is 16.4. The smallest absolute Gasteiger partial charge is 0.419 e. The zero-order chi connectivity index (χ0) is 32.6. The zero-order valence-corrected chi connectivity index (χ0v) is 27.2. The lowest BCUT2D eigenvalue weighted by Crippen LogP contribution is -2.43. The number of likely N-dealkylation sites (tertiary alicyclic amines) is 1. The van der Waals surface area contributed by atoms with E-state index in [9.17, 15) is 22.8 Å². The first-order valence-electron chi connectivity index (χ1n) is 14.6. The second-order valence-electron chi connectivity index (χ2n) is 13.1. The van der Waals surface area contributed by atoms with Gasteiger partial charge in [-0.15, -0.1) is 0 Å². The van der Waals surface area contributed by atoms with E-state index >= 15 is 0 Å². The Labute approximate surface area is 260 Å². The van der Waals surface area contributed by atoms with Crippen molar-refractivity contribution in [1.82, 2.24) is 19.5 Å². The number of rotatable bonds is 5. The molecule has 1 fully saturated rings. The number of halogens is 3. The van der Waals surface area contributed by atoms with Crippen molar-refractivity contribution in [3.8, 4) is 0 Å². The maximum atomic E-state index is 13.8. The number of hydrogen-bond donors (Lipinski definition) is 0. The summed E-state index contributed by atoms with van der Waals surface area (Å²) in [5.74, 6) is 0.00599. The molecule has 13 heteroatoms. The number of piperidine rings is 1. The fourth-order valence-corrected chi connectivity index (χ4v) is 5.92. The molecule has 1 unspecified atom stereocenters. The topological polar surface area (TPSA) is 89.3 Å².